The quantitative estimate of drug-likeness (QED) is 0.841. The fourth-order valence-electron chi connectivity index (χ4n) is 1.89. The van der Waals surface area contributed by atoms with Crippen molar-refractivity contribution in [1.29, 1.82) is 0 Å². The van der Waals surface area contributed by atoms with E-state index >= 15 is 0 Å². The molecule has 1 aromatic carbocycles. The lowest BCUT2D eigenvalue weighted by molar-refractivity contribution is -0.120. The second-order valence-electron chi connectivity index (χ2n) is 6.17. The van der Waals surface area contributed by atoms with Gasteiger partial charge in [-0.25, -0.2) is 0 Å². The van der Waals surface area contributed by atoms with Gasteiger partial charge in [-0.2, -0.15) is 0 Å². The number of carbonyl (C=O) groups excluding carboxylic acids is 1. The molecule has 0 aromatic heterocycles. The highest BCUT2D eigenvalue weighted by Crippen LogP contribution is 2.30. The minimum atomic E-state index is 0.136. The average Bonchev–Trinajstić information content (AvgIpc) is 2.31. The van der Waals surface area contributed by atoms with Gasteiger partial charge in [0, 0.05) is 13.0 Å². The molecule has 19 heavy (non-hydrogen) atoms. The van der Waals surface area contributed by atoms with E-state index in [0.717, 1.165) is 5.69 Å². The third kappa shape index (κ3) is 3.98. The second kappa shape index (κ2) is 6.09. The lowest BCUT2D eigenvalue weighted by Gasteiger charge is -2.30. The van der Waals surface area contributed by atoms with Gasteiger partial charge in [-0.3, -0.25) is 4.79 Å². The number of nitrogens with two attached hydrogens (primary N) is 1. The van der Waals surface area contributed by atoms with Crippen LogP contribution in [0.25, 0.3) is 0 Å². The Labute approximate surface area is 116 Å². The van der Waals surface area contributed by atoms with E-state index in [1.807, 2.05) is 31.2 Å². The van der Waals surface area contributed by atoms with Crippen molar-refractivity contribution in [3.8, 4) is 0 Å². The SMILES string of the molecule is CCN(C(=O)CC(C)C(C)(C)C)c1ccccc1N. The van der Waals surface area contributed by atoms with Crippen LogP contribution in [0.5, 0.6) is 0 Å². The molecule has 0 aliphatic rings. The van der Waals surface area contributed by atoms with Gasteiger partial charge in [-0.05, 0) is 30.4 Å². The number of benzene rings is 1. The number of anilines is 2. The molecule has 1 rings (SSSR count). The van der Waals surface area contributed by atoms with Crippen molar-refractivity contribution in [2.24, 2.45) is 11.3 Å². The average molecular weight is 262 g/mol. The Kier molecular flexibility index (Phi) is 4.98. The predicted octanol–water partition coefficient (Wildman–Crippen LogP) is 3.69. The van der Waals surface area contributed by atoms with Gasteiger partial charge in [0.1, 0.15) is 0 Å². The smallest absolute Gasteiger partial charge is 0.227 e. The zero-order valence-electron chi connectivity index (χ0n) is 12.7. The summed E-state index contributed by atoms with van der Waals surface area (Å²) in [5.41, 5.74) is 7.56. The van der Waals surface area contributed by atoms with Gasteiger partial charge in [0.05, 0.1) is 11.4 Å². The number of rotatable bonds is 4. The van der Waals surface area contributed by atoms with Gasteiger partial charge in [0.25, 0.3) is 0 Å². The number of amides is 1. The summed E-state index contributed by atoms with van der Waals surface area (Å²) in [7, 11) is 0. The van der Waals surface area contributed by atoms with E-state index in [-0.39, 0.29) is 11.3 Å². The van der Waals surface area contributed by atoms with Gasteiger partial charge in [-0.1, -0.05) is 39.8 Å². The fraction of sp³-hybridized carbons (Fsp3) is 0.562. The molecule has 0 spiro atoms. The molecule has 2 N–H and O–H groups in total. The summed E-state index contributed by atoms with van der Waals surface area (Å²) in [4.78, 5) is 14.2. The van der Waals surface area contributed by atoms with E-state index in [9.17, 15) is 4.79 Å². The molecular weight excluding hydrogens is 236 g/mol. The lowest BCUT2D eigenvalue weighted by atomic mass is 9.80. The predicted molar refractivity (Wildman–Crippen MR) is 82.1 cm³/mol. The van der Waals surface area contributed by atoms with Crippen molar-refractivity contribution in [3.05, 3.63) is 24.3 Å². The third-order valence-electron chi connectivity index (χ3n) is 3.80. The van der Waals surface area contributed by atoms with Crippen LogP contribution in [0.1, 0.15) is 41.0 Å². The molecule has 0 saturated carbocycles. The number of nitrogens with zero attached hydrogens (tertiary/aromatic N) is 1. The van der Waals surface area contributed by atoms with Gasteiger partial charge >= 0.3 is 0 Å². The fourth-order valence-corrected chi connectivity index (χ4v) is 1.89. The van der Waals surface area contributed by atoms with E-state index in [2.05, 4.69) is 27.7 Å². The largest absolute Gasteiger partial charge is 0.397 e. The van der Waals surface area contributed by atoms with Crippen LogP contribution in [0, 0.1) is 11.3 Å². The molecule has 0 fully saturated rings. The van der Waals surface area contributed by atoms with Crippen LogP contribution in [0.15, 0.2) is 24.3 Å². The molecular formula is C16H26N2O. The Morgan fingerprint density at radius 2 is 1.89 bits per heavy atom. The molecule has 0 radical (unpaired) electrons. The molecule has 0 heterocycles. The number of nitrogen functional groups attached to an aromatic ring is 1. The first-order valence-corrected chi connectivity index (χ1v) is 6.92. The maximum absolute atomic E-state index is 12.5. The normalized spacial score (nSPS) is 13.1. The van der Waals surface area contributed by atoms with Crippen LogP contribution in [0.3, 0.4) is 0 Å². The van der Waals surface area contributed by atoms with Crippen molar-refractivity contribution < 1.29 is 4.79 Å². The van der Waals surface area contributed by atoms with Gasteiger partial charge in [0.2, 0.25) is 5.91 Å². The molecule has 1 aromatic rings. The van der Waals surface area contributed by atoms with Crippen molar-refractivity contribution in [3.63, 3.8) is 0 Å². The van der Waals surface area contributed by atoms with Crippen LogP contribution in [0.4, 0.5) is 11.4 Å². The summed E-state index contributed by atoms with van der Waals surface area (Å²) < 4.78 is 0. The zero-order valence-corrected chi connectivity index (χ0v) is 12.7. The van der Waals surface area contributed by atoms with E-state index in [1.54, 1.807) is 4.90 Å². The molecule has 106 valence electrons. The van der Waals surface area contributed by atoms with Gasteiger partial charge in [-0.15, -0.1) is 0 Å². The molecule has 0 saturated heterocycles. The molecule has 1 atom stereocenters. The van der Waals surface area contributed by atoms with Crippen LogP contribution < -0.4 is 10.6 Å². The van der Waals surface area contributed by atoms with E-state index in [1.165, 1.54) is 0 Å². The van der Waals surface area contributed by atoms with Crippen molar-refractivity contribution in [1.82, 2.24) is 0 Å². The highest BCUT2D eigenvalue weighted by atomic mass is 16.2. The van der Waals surface area contributed by atoms with Crippen molar-refractivity contribution >= 4 is 17.3 Å². The summed E-state index contributed by atoms with van der Waals surface area (Å²) in [6.45, 7) is 11.2. The first kappa shape index (κ1) is 15.5. The van der Waals surface area contributed by atoms with Crippen LogP contribution in [-0.2, 0) is 4.79 Å². The standard InChI is InChI=1S/C16H26N2O/c1-6-18(14-10-8-7-9-13(14)17)15(19)11-12(2)16(3,4)5/h7-10,12H,6,11,17H2,1-5H3. The van der Waals surface area contributed by atoms with Gasteiger partial charge in [0.15, 0.2) is 0 Å². The summed E-state index contributed by atoms with van der Waals surface area (Å²) in [5.74, 6) is 0.474. The maximum Gasteiger partial charge on any atom is 0.227 e. The van der Waals surface area contributed by atoms with E-state index < -0.39 is 0 Å². The highest BCUT2D eigenvalue weighted by Gasteiger charge is 2.25. The first-order chi connectivity index (χ1) is 8.77. The van der Waals surface area contributed by atoms with Crippen molar-refractivity contribution in [2.75, 3.05) is 17.2 Å². The summed E-state index contributed by atoms with van der Waals surface area (Å²) in [6, 6.07) is 7.53. The Hall–Kier alpha value is -1.51. The van der Waals surface area contributed by atoms with Crippen molar-refractivity contribution in [2.45, 2.75) is 41.0 Å². The number of carbonyl (C=O) groups is 1. The minimum absolute atomic E-state index is 0.136. The first-order valence-electron chi connectivity index (χ1n) is 6.92. The number of para-hydroxylation sites is 2. The number of hydrogen-bond acceptors (Lipinski definition) is 2. The number of hydrogen-bond donors (Lipinski definition) is 1. The Balaban J connectivity index is 2.87. The van der Waals surface area contributed by atoms with E-state index in [0.29, 0.717) is 24.6 Å². The molecule has 1 amide bonds. The monoisotopic (exact) mass is 262 g/mol. The molecule has 0 bridgehead atoms. The van der Waals surface area contributed by atoms with Gasteiger partial charge < -0.3 is 10.6 Å². The lowest BCUT2D eigenvalue weighted by Crippen LogP contribution is -2.34. The highest BCUT2D eigenvalue weighted by molar-refractivity contribution is 5.96. The summed E-state index contributed by atoms with van der Waals surface area (Å²) in [5, 5.41) is 0. The maximum atomic E-state index is 12.5. The zero-order chi connectivity index (χ0) is 14.6. The van der Waals surface area contributed by atoms with Crippen LogP contribution in [0.2, 0.25) is 0 Å². The van der Waals surface area contributed by atoms with Crippen LogP contribution in [-0.4, -0.2) is 12.5 Å². The Bertz CT molecular complexity index is 435. The van der Waals surface area contributed by atoms with E-state index in [4.69, 9.17) is 5.73 Å². The Morgan fingerprint density at radius 1 is 1.32 bits per heavy atom. The second-order valence-corrected chi connectivity index (χ2v) is 6.17. The minimum Gasteiger partial charge on any atom is -0.397 e. The molecule has 0 aliphatic heterocycles. The molecule has 1 unspecified atom stereocenters. The Morgan fingerprint density at radius 3 is 2.37 bits per heavy atom. The molecule has 0 aliphatic carbocycles. The van der Waals surface area contributed by atoms with Crippen LogP contribution >= 0.6 is 0 Å². The molecule has 3 nitrogen and oxygen atoms in total. The third-order valence-corrected chi connectivity index (χ3v) is 3.80. The summed E-state index contributed by atoms with van der Waals surface area (Å²) >= 11 is 0. The summed E-state index contributed by atoms with van der Waals surface area (Å²) in [6.07, 6.45) is 0.547. The molecule has 3 heteroatoms. The topological polar surface area (TPSA) is 46.3 Å².